The first-order valence-electron chi connectivity index (χ1n) is 6.37. The van der Waals surface area contributed by atoms with Crippen molar-refractivity contribution in [2.45, 2.75) is 13.0 Å². The molecular formula is C15H16N2O4. The third-order valence-corrected chi connectivity index (χ3v) is 2.98. The molecular weight excluding hydrogens is 272 g/mol. The molecule has 110 valence electrons. The van der Waals surface area contributed by atoms with E-state index in [-0.39, 0.29) is 17.5 Å². The fourth-order valence-electron chi connectivity index (χ4n) is 1.95. The van der Waals surface area contributed by atoms with Gasteiger partial charge in [-0.15, -0.1) is 0 Å². The van der Waals surface area contributed by atoms with E-state index in [0.29, 0.717) is 11.5 Å². The minimum absolute atomic E-state index is 0.145. The van der Waals surface area contributed by atoms with E-state index < -0.39 is 4.92 Å². The van der Waals surface area contributed by atoms with E-state index in [2.05, 4.69) is 0 Å². The summed E-state index contributed by atoms with van der Waals surface area (Å²) in [6.07, 6.45) is 0. The largest absolute Gasteiger partial charge is 0.490 e. The van der Waals surface area contributed by atoms with Gasteiger partial charge in [0.1, 0.15) is 11.5 Å². The van der Waals surface area contributed by atoms with E-state index >= 15 is 0 Å². The van der Waals surface area contributed by atoms with Crippen LogP contribution in [-0.4, -0.2) is 12.0 Å². The fourth-order valence-corrected chi connectivity index (χ4v) is 1.95. The molecule has 6 heteroatoms. The van der Waals surface area contributed by atoms with Crippen molar-refractivity contribution in [1.82, 2.24) is 0 Å². The minimum atomic E-state index is -0.511. The average Bonchev–Trinajstić information content (AvgIpc) is 2.47. The summed E-state index contributed by atoms with van der Waals surface area (Å²) in [5.74, 6) is 1.12. The van der Waals surface area contributed by atoms with Gasteiger partial charge in [0.15, 0.2) is 5.75 Å². The Morgan fingerprint density at radius 1 is 1.19 bits per heavy atom. The second kappa shape index (κ2) is 6.23. The normalized spacial score (nSPS) is 11.8. The summed E-state index contributed by atoms with van der Waals surface area (Å²) in [7, 11) is 1.38. The summed E-state index contributed by atoms with van der Waals surface area (Å²) in [6, 6.07) is 11.6. The van der Waals surface area contributed by atoms with Gasteiger partial charge in [-0.05, 0) is 25.1 Å². The fraction of sp³-hybridized carbons (Fsp3) is 0.200. The average molecular weight is 288 g/mol. The maximum Gasteiger partial charge on any atom is 0.314 e. The Morgan fingerprint density at radius 2 is 1.90 bits per heavy atom. The zero-order valence-electron chi connectivity index (χ0n) is 11.8. The van der Waals surface area contributed by atoms with Crippen LogP contribution in [-0.2, 0) is 0 Å². The molecule has 2 rings (SSSR count). The Bertz CT molecular complexity index is 656. The third-order valence-electron chi connectivity index (χ3n) is 2.98. The van der Waals surface area contributed by atoms with Crippen molar-refractivity contribution < 1.29 is 14.4 Å². The van der Waals surface area contributed by atoms with Crippen LogP contribution in [0.5, 0.6) is 17.2 Å². The van der Waals surface area contributed by atoms with Gasteiger partial charge in [0.05, 0.1) is 18.1 Å². The molecule has 0 aliphatic rings. The lowest BCUT2D eigenvalue weighted by molar-refractivity contribution is -0.385. The zero-order chi connectivity index (χ0) is 15.4. The molecule has 1 atom stereocenters. The number of methoxy groups -OCH3 is 1. The van der Waals surface area contributed by atoms with Gasteiger partial charge >= 0.3 is 5.69 Å². The third kappa shape index (κ3) is 3.29. The summed E-state index contributed by atoms with van der Waals surface area (Å²) in [5, 5.41) is 11.0. The second-order valence-electron chi connectivity index (χ2n) is 4.52. The van der Waals surface area contributed by atoms with Crippen LogP contribution in [0.1, 0.15) is 18.5 Å². The lowest BCUT2D eigenvalue weighted by Crippen LogP contribution is -2.06. The molecule has 0 aliphatic heterocycles. The van der Waals surface area contributed by atoms with Crippen LogP contribution in [0.25, 0.3) is 0 Å². The summed E-state index contributed by atoms with van der Waals surface area (Å²) >= 11 is 0. The van der Waals surface area contributed by atoms with E-state index in [1.807, 2.05) is 25.1 Å². The molecule has 0 heterocycles. The molecule has 0 saturated carbocycles. The summed E-state index contributed by atoms with van der Waals surface area (Å²) in [6.45, 7) is 1.85. The summed E-state index contributed by atoms with van der Waals surface area (Å²) in [4.78, 5) is 10.5. The molecule has 0 aliphatic carbocycles. The highest BCUT2D eigenvalue weighted by Crippen LogP contribution is 2.34. The van der Waals surface area contributed by atoms with E-state index in [0.717, 1.165) is 5.56 Å². The number of nitrogens with two attached hydrogens (primary N) is 1. The number of hydrogen-bond donors (Lipinski definition) is 1. The molecule has 0 radical (unpaired) electrons. The minimum Gasteiger partial charge on any atom is -0.490 e. The molecule has 0 saturated heterocycles. The number of nitro benzene ring substituents is 1. The Balaban J connectivity index is 2.37. The first-order valence-corrected chi connectivity index (χ1v) is 6.37. The predicted octanol–water partition coefficient (Wildman–Crippen LogP) is 3.42. The first kappa shape index (κ1) is 14.8. The SMILES string of the molecule is COc1ccc(Oc2ccccc2[C@@H](C)N)cc1[N+](=O)[O-]. The van der Waals surface area contributed by atoms with Crippen LogP contribution in [0.4, 0.5) is 5.69 Å². The van der Waals surface area contributed by atoms with Gasteiger partial charge in [0.25, 0.3) is 0 Å². The predicted molar refractivity (Wildman–Crippen MR) is 78.8 cm³/mol. The van der Waals surface area contributed by atoms with Crippen LogP contribution >= 0.6 is 0 Å². The smallest absolute Gasteiger partial charge is 0.314 e. The topological polar surface area (TPSA) is 87.6 Å². The molecule has 0 bridgehead atoms. The molecule has 0 fully saturated rings. The molecule has 0 spiro atoms. The van der Waals surface area contributed by atoms with Crippen LogP contribution in [0.2, 0.25) is 0 Å². The van der Waals surface area contributed by atoms with Crippen molar-refractivity contribution >= 4 is 5.69 Å². The van der Waals surface area contributed by atoms with E-state index in [9.17, 15) is 10.1 Å². The monoisotopic (exact) mass is 288 g/mol. The Hall–Kier alpha value is -2.60. The maximum absolute atomic E-state index is 11.0. The van der Waals surface area contributed by atoms with Gasteiger partial charge < -0.3 is 15.2 Å². The van der Waals surface area contributed by atoms with Crippen molar-refractivity contribution in [2.24, 2.45) is 5.73 Å². The second-order valence-corrected chi connectivity index (χ2v) is 4.52. The summed E-state index contributed by atoms with van der Waals surface area (Å²) in [5.41, 5.74) is 6.57. The van der Waals surface area contributed by atoms with Gasteiger partial charge in [-0.1, -0.05) is 18.2 Å². The van der Waals surface area contributed by atoms with Crippen LogP contribution < -0.4 is 15.2 Å². The molecule has 2 N–H and O–H groups in total. The van der Waals surface area contributed by atoms with Gasteiger partial charge in [-0.3, -0.25) is 10.1 Å². The number of para-hydroxylation sites is 1. The Labute approximate surface area is 122 Å². The number of rotatable bonds is 5. The molecule has 6 nitrogen and oxygen atoms in total. The van der Waals surface area contributed by atoms with E-state index in [4.69, 9.17) is 15.2 Å². The van der Waals surface area contributed by atoms with Crippen LogP contribution in [0, 0.1) is 10.1 Å². The summed E-state index contributed by atoms with van der Waals surface area (Å²) < 4.78 is 10.7. The number of nitrogens with zero attached hydrogens (tertiary/aromatic N) is 1. The Kier molecular flexibility index (Phi) is 4.39. The molecule has 0 amide bonds. The molecule has 21 heavy (non-hydrogen) atoms. The number of ether oxygens (including phenoxy) is 2. The highest BCUT2D eigenvalue weighted by molar-refractivity contribution is 5.52. The van der Waals surface area contributed by atoms with Crippen molar-refractivity contribution in [3.05, 3.63) is 58.1 Å². The number of nitro groups is 1. The van der Waals surface area contributed by atoms with Crippen molar-refractivity contribution in [3.8, 4) is 17.2 Å². The van der Waals surface area contributed by atoms with E-state index in [1.165, 1.54) is 19.2 Å². The molecule has 2 aromatic carbocycles. The van der Waals surface area contributed by atoms with Crippen molar-refractivity contribution in [1.29, 1.82) is 0 Å². The van der Waals surface area contributed by atoms with Crippen LogP contribution in [0.15, 0.2) is 42.5 Å². The Morgan fingerprint density at radius 3 is 2.52 bits per heavy atom. The quantitative estimate of drug-likeness (QED) is 0.672. The van der Waals surface area contributed by atoms with Crippen molar-refractivity contribution in [2.75, 3.05) is 7.11 Å². The van der Waals surface area contributed by atoms with Crippen LogP contribution in [0.3, 0.4) is 0 Å². The number of benzene rings is 2. The first-order chi connectivity index (χ1) is 10.0. The highest BCUT2D eigenvalue weighted by Gasteiger charge is 2.17. The van der Waals surface area contributed by atoms with E-state index in [1.54, 1.807) is 12.1 Å². The van der Waals surface area contributed by atoms with Gasteiger partial charge in [0, 0.05) is 11.6 Å². The molecule has 2 aromatic rings. The van der Waals surface area contributed by atoms with Gasteiger partial charge in [-0.25, -0.2) is 0 Å². The lowest BCUT2D eigenvalue weighted by atomic mass is 10.1. The number of hydrogen-bond acceptors (Lipinski definition) is 5. The van der Waals surface area contributed by atoms with Gasteiger partial charge in [0.2, 0.25) is 0 Å². The molecule has 0 unspecified atom stereocenters. The lowest BCUT2D eigenvalue weighted by Gasteiger charge is -2.13. The van der Waals surface area contributed by atoms with Crippen molar-refractivity contribution in [3.63, 3.8) is 0 Å². The standard InChI is InChI=1S/C15H16N2O4/c1-10(16)12-5-3-4-6-14(12)21-11-7-8-15(20-2)13(9-11)17(18)19/h3-10H,16H2,1-2H3/t10-/m1/s1. The zero-order valence-corrected chi connectivity index (χ0v) is 11.8. The highest BCUT2D eigenvalue weighted by atomic mass is 16.6. The van der Waals surface area contributed by atoms with Gasteiger partial charge in [-0.2, -0.15) is 0 Å². The maximum atomic E-state index is 11.0. The molecule has 0 aromatic heterocycles.